The maximum Gasteiger partial charge on any atom is 0.0401 e. The number of nitrogens with zero attached hydrogens (tertiary/aromatic N) is 1. The summed E-state index contributed by atoms with van der Waals surface area (Å²) in [6.45, 7) is 0. The molecular formula is C5H5KNS. The SMILES string of the molecule is Sc1cccnc1.[K]. The van der Waals surface area contributed by atoms with E-state index in [1.54, 1.807) is 12.4 Å². The second-order valence-corrected chi connectivity index (χ2v) is 1.73. The summed E-state index contributed by atoms with van der Waals surface area (Å²) in [6, 6.07) is 3.73. The van der Waals surface area contributed by atoms with Gasteiger partial charge < -0.3 is 0 Å². The minimum Gasteiger partial charge on any atom is -0.264 e. The Balaban J connectivity index is 0.000000490. The molecule has 0 bridgehead atoms. The van der Waals surface area contributed by atoms with Crippen molar-refractivity contribution in [1.82, 2.24) is 4.98 Å². The van der Waals surface area contributed by atoms with E-state index in [0.29, 0.717) is 0 Å². The number of thiol groups is 1. The fourth-order valence-electron chi connectivity index (χ4n) is 0.354. The number of aromatic nitrogens is 1. The van der Waals surface area contributed by atoms with Gasteiger partial charge in [0.25, 0.3) is 0 Å². The van der Waals surface area contributed by atoms with E-state index in [-0.39, 0.29) is 51.4 Å². The van der Waals surface area contributed by atoms with Crippen LogP contribution in [0.25, 0.3) is 0 Å². The predicted molar refractivity (Wildman–Crippen MR) is 37.2 cm³/mol. The Morgan fingerprint density at radius 3 is 2.50 bits per heavy atom. The van der Waals surface area contributed by atoms with Crippen molar-refractivity contribution in [3.63, 3.8) is 0 Å². The van der Waals surface area contributed by atoms with E-state index in [2.05, 4.69) is 17.6 Å². The minimum atomic E-state index is 0. The molecule has 0 aliphatic heterocycles. The summed E-state index contributed by atoms with van der Waals surface area (Å²) in [4.78, 5) is 4.71. The first-order chi connectivity index (χ1) is 3.39. The average Bonchev–Trinajstić information content (AvgIpc) is 1.69. The van der Waals surface area contributed by atoms with E-state index < -0.39 is 0 Å². The van der Waals surface area contributed by atoms with Gasteiger partial charge in [0.15, 0.2) is 0 Å². The van der Waals surface area contributed by atoms with Crippen LogP contribution in [0.5, 0.6) is 0 Å². The van der Waals surface area contributed by atoms with Crippen molar-refractivity contribution in [2.75, 3.05) is 0 Å². The molecular weight excluding hydrogens is 145 g/mol. The molecule has 1 heterocycles. The average molecular weight is 150 g/mol. The van der Waals surface area contributed by atoms with Crippen LogP contribution >= 0.6 is 12.6 Å². The molecule has 0 aliphatic rings. The van der Waals surface area contributed by atoms with Gasteiger partial charge in [-0.15, -0.1) is 12.6 Å². The molecule has 0 saturated carbocycles. The van der Waals surface area contributed by atoms with Crippen LogP contribution in [0.4, 0.5) is 0 Å². The maximum atomic E-state index is 4.02. The van der Waals surface area contributed by atoms with E-state index in [1.807, 2.05) is 12.1 Å². The summed E-state index contributed by atoms with van der Waals surface area (Å²) >= 11 is 4.02. The van der Waals surface area contributed by atoms with Crippen molar-refractivity contribution in [1.29, 1.82) is 0 Å². The van der Waals surface area contributed by atoms with Crippen LogP contribution in [-0.2, 0) is 0 Å². The van der Waals surface area contributed by atoms with Crippen molar-refractivity contribution < 1.29 is 0 Å². The van der Waals surface area contributed by atoms with Gasteiger partial charge in [-0.25, -0.2) is 0 Å². The van der Waals surface area contributed by atoms with Crippen LogP contribution in [0.15, 0.2) is 29.4 Å². The zero-order valence-electron chi connectivity index (χ0n) is 4.70. The van der Waals surface area contributed by atoms with Crippen LogP contribution in [0.2, 0.25) is 0 Å². The molecule has 0 aromatic carbocycles. The predicted octanol–water partition coefficient (Wildman–Crippen LogP) is 0.989. The maximum absolute atomic E-state index is 4.02. The van der Waals surface area contributed by atoms with Crippen LogP contribution < -0.4 is 0 Å². The zero-order chi connectivity index (χ0) is 5.11. The molecule has 0 atom stereocenters. The molecule has 37 valence electrons. The summed E-state index contributed by atoms with van der Waals surface area (Å²) in [5.41, 5.74) is 0. The van der Waals surface area contributed by atoms with E-state index in [9.17, 15) is 0 Å². The second-order valence-electron chi connectivity index (χ2n) is 1.21. The molecule has 1 nitrogen and oxygen atoms in total. The molecule has 1 aromatic heterocycles. The first-order valence-electron chi connectivity index (χ1n) is 1.98. The Morgan fingerprint density at radius 1 is 1.50 bits per heavy atom. The van der Waals surface area contributed by atoms with Gasteiger partial charge in [-0.05, 0) is 12.1 Å². The van der Waals surface area contributed by atoms with Crippen molar-refractivity contribution in [3.05, 3.63) is 24.5 Å². The first-order valence-corrected chi connectivity index (χ1v) is 2.43. The third-order valence-electron chi connectivity index (χ3n) is 0.646. The van der Waals surface area contributed by atoms with Gasteiger partial charge >= 0.3 is 0 Å². The number of pyridine rings is 1. The van der Waals surface area contributed by atoms with Crippen LogP contribution in [0.3, 0.4) is 0 Å². The van der Waals surface area contributed by atoms with Gasteiger partial charge in [0.05, 0.1) is 0 Å². The van der Waals surface area contributed by atoms with Gasteiger partial charge in [-0.2, -0.15) is 0 Å². The van der Waals surface area contributed by atoms with E-state index >= 15 is 0 Å². The summed E-state index contributed by atoms with van der Waals surface area (Å²) in [5, 5.41) is 0. The number of hydrogen-bond donors (Lipinski definition) is 1. The zero-order valence-corrected chi connectivity index (χ0v) is 8.72. The molecule has 8 heavy (non-hydrogen) atoms. The normalized spacial score (nSPS) is 7.62. The van der Waals surface area contributed by atoms with E-state index in [0.717, 1.165) is 4.90 Å². The Morgan fingerprint density at radius 2 is 2.25 bits per heavy atom. The molecule has 3 heteroatoms. The molecule has 0 unspecified atom stereocenters. The molecule has 1 rings (SSSR count). The largest absolute Gasteiger partial charge is 0.264 e. The summed E-state index contributed by atoms with van der Waals surface area (Å²) in [7, 11) is 0. The quantitative estimate of drug-likeness (QED) is 0.430. The molecule has 1 radical (unpaired) electrons. The monoisotopic (exact) mass is 150 g/mol. The Kier molecular flexibility index (Phi) is 5.67. The Labute approximate surface area is 96.7 Å². The van der Waals surface area contributed by atoms with E-state index in [4.69, 9.17) is 0 Å². The van der Waals surface area contributed by atoms with E-state index in [1.165, 1.54) is 0 Å². The molecule has 0 aliphatic carbocycles. The second kappa shape index (κ2) is 4.96. The van der Waals surface area contributed by atoms with Gasteiger partial charge in [-0.1, -0.05) is 0 Å². The molecule has 0 amide bonds. The van der Waals surface area contributed by atoms with Gasteiger partial charge in [-0.3, -0.25) is 4.98 Å². The van der Waals surface area contributed by atoms with Crippen molar-refractivity contribution >= 4 is 64.0 Å². The summed E-state index contributed by atoms with van der Waals surface area (Å²) in [6.07, 6.45) is 3.42. The third kappa shape index (κ3) is 3.22. The number of hydrogen-bond acceptors (Lipinski definition) is 2. The standard InChI is InChI=1S/C5H5NS.K/c7-5-2-1-3-6-4-5;/h1-4,7H;. The van der Waals surface area contributed by atoms with Crippen molar-refractivity contribution in [2.45, 2.75) is 4.90 Å². The fourth-order valence-corrected chi connectivity index (χ4v) is 0.506. The van der Waals surface area contributed by atoms with Crippen molar-refractivity contribution in [2.24, 2.45) is 0 Å². The molecule has 1 aromatic rings. The smallest absolute Gasteiger partial charge is 0.0401 e. The third-order valence-corrected chi connectivity index (χ3v) is 0.910. The molecule has 0 fully saturated rings. The Hall–Kier alpha value is 1.14. The molecule has 0 saturated heterocycles. The van der Waals surface area contributed by atoms with Crippen LogP contribution in [0.1, 0.15) is 0 Å². The van der Waals surface area contributed by atoms with Gasteiger partial charge in [0, 0.05) is 68.7 Å². The molecule has 0 spiro atoms. The van der Waals surface area contributed by atoms with Gasteiger partial charge in [0.2, 0.25) is 0 Å². The first kappa shape index (κ1) is 9.14. The fraction of sp³-hybridized carbons (Fsp3) is 0. The summed E-state index contributed by atoms with van der Waals surface area (Å²) < 4.78 is 0. The minimum absolute atomic E-state index is 0. The van der Waals surface area contributed by atoms with Crippen LogP contribution in [-0.4, -0.2) is 56.4 Å². The molecule has 0 N–H and O–H groups in total. The van der Waals surface area contributed by atoms with Gasteiger partial charge in [0.1, 0.15) is 0 Å². The Bertz CT molecular complexity index is 142. The topological polar surface area (TPSA) is 12.9 Å². The van der Waals surface area contributed by atoms with Crippen LogP contribution in [0, 0.1) is 0 Å². The number of rotatable bonds is 0. The van der Waals surface area contributed by atoms with Crippen molar-refractivity contribution in [3.8, 4) is 0 Å². The summed E-state index contributed by atoms with van der Waals surface area (Å²) in [5.74, 6) is 0.